The van der Waals surface area contributed by atoms with Crippen molar-refractivity contribution in [3.8, 4) is 0 Å². The molecule has 1 saturated heterocycles. The molecule has 2 N–H and O–H groups in total. The number of carbonyl (C=O) groups is 1. The maximum Gasteiger partial charge on any atom is 0.251 e. The topological polar surface area (TPSA) is 41.1 Å². The highest BCUT2D eigenvalue weighted by molar-refractivity contribution is 5.94. The van der Waals surface area contributed by atoms with Gasteiger partial charge in [-0.15, -0.1) is 0 Å². The van der Waals surface area contributed by atoms with Gasteiger partial charge in [-0.25, -0.2) is 8.78 Å². The van der Waals surface area contributed by atoms with Crippen LogP contribution in [-0.2, 0) is 0 Å². The molecule has 98 valence electrons. The Hall–Kier alpha value is -1.49. The Morgan fingerprint density at radius 1 is 1.22 bits per heavy atom. The van der Waals surface area contributed by atoms with Crippen molar-refractivity contribution in [2.75, 3.05) is 13.1 Å². The van der Waals surface area contributed by atoms with Crippen molar-refractivity contribution < 1.29 is 13.6 Å². The lowest BCUT2D eigenvalue weighted by Crippen LogP contribution is -2.35. The highest BCUT2D eigenvalue weighted by atomic mass is 19.2. The lowest BCUT2D eigenvalue weighted by atomic mass is 10.1. The number of benzene rings is 1. The van der Waals surface area contributed by atoms with E-state index in [1.807, 2.05) is 0 Å². The van der Waals surface area contributed by atoms with Crippen molar-refractivity contribution in [1.82, 2.24) is 10.6 Å². The summed E-state index contributed by atoms with van der Waals surface area (Å²) in [6, 6.07) is 3.29. The zero-order chi connectivity index (χ0) is 13.0. The van der Waals surface area contributed by atoms with E-state index in [1.54, 1.807) is 0 Å². The molecule has 18 heavy (non-hydrogen) atoms. The van der Waals surface area contributed by atoms with Gasteiger partial charge < -0.3 is 10.6 Å². The number of hydrogen-bond donors (Lipinski definition) is 2. The Balaban J connectivity index is 1.99. The summed E-state index contributed by atoms with van der Waals surface area (Å²) in [4.78, 5) is 11.9. The van der Waals surface area contributed by atoms with Gasteiger partial charge >= 0.3 is 0 Å². The highest BCUT2D eigenvalue weighted by Crippen LogP contribution is 2.10. The highest BCUT2D eigenvalue weighted by Gasteiger charge is 2.16. The van der Waals surface area contributed by atoms with Crippen LogP contribution in [0.4, 0.5) is 8.78 Å². The second-order valence-electron chi connectivity index (χ2n) is 4.48. The van der Waals surface area contributed by atoms with Crippen LogP contribution in [0.25, 0.3) is 0 Å². The smallest absolute Gasteiger partial charge is 0.251 e. The summed E-state index contributed by atoms with van der Waals surface area (Å²) in [5, 5.41) is 6.10. The Kier molecular flexibility index (Phi) is 4.25. The molecular weight excluding hydrogens is 238 g/mol. The SMILES string of the molecule is O=C(NC1CCCNCC1)c1ccc(F)c(F)c1. The molecule has 1 aromatic rings. The second-order valence-corrected chi connectivity index (χ2v) is 4.48. The summed E-state index contributed by atoms with van der Waals surface area (Å²) < 4.78 is 25.8. The number of amides is 1. The van der Waals surface area contributed by atoms with Crippen LogP contribution in [0.3, 0.4) is 0 Å². The van der Waals surface area contributed by atoms with Crippen LogP contribution in [0.15, 0.2) is 18.2 Å². The monoisotopic (exact) mass is 254 g/mol. The average Bonchev–Trinajstić information content (AvgIpc) is 2.61. The summed E-state index contributed by atoms with van der Waals surface area (Å²) in [6.07, 6.45) is 2.76. The normalized spacial score (nSPS) is 20.2. The van der Waals surface area contributed by atoms with Crippen molar-refractivity contribution in [3.05, 3.63) is 35.4 Å². The van der Waals surface area contributed by atoms with E-state index in [4.69, 9.17) is 0 Å². The Bertz CT molecular complexity index is 429. The van der Waals surface area contributed by atoms with E-state index in [-0.39, 0.29) is 17.5 Å². The Morgan fingerprint density at radius 2 is 2.06 bits per heavy atom. The molecule has 0 aliphatic carbocycles. The molecule has 2 rings (SSSR count). The van der Waals surface area contributed by atoms with Gasteiger partial charge in [0.1, 0.15) is 0 Å². The number of halogens is 2. The van der Waals surface area contributed by atoms with Gasteiger partial charge in [0.15, 0.2) is 11.6 Å². The third-order valence-corrected chi connectivity index (χ3v) is 3.09. The predicted molar refractivity (Wildman–Crippen MR) is 64.3 cm³/mol. The number of hydrogen-bond acceptors (Lipinski definition) is 2. The first-order chi connectivity index (χ1) is 8.66. The number of rotatable bonds is 2. The fourth-order valence-corrected chi connectivity index (χ4v) is 2.07. The first-order valence-electron chi connectivity index (χ1n) is 6.13. The molecule has 0 radical (unpaired) electrons. The van der Waals surface area contributed by atoms with Gasteiger partial charge in [0.2, 0.25) is 0 Å². The summed E-state index contributed by atoms with van der Waals surface area (Å²) in [5.74, 6) is -2.28. The standard InChI is InChI=1S/C13H16F2N2O/c14-11-4-3-9(8-12(11)15)13(18)17-10-2-1-6-16-7-5-10/h3-4,8,10,16H,1-2,5-7H2,(H,17,18). The molecule has 0 spiro atoms. The fraction of sp³-hybridized carbons (Fsp3) is 0.462. The van der Waals surface area contributed by atoms with Crippen LogP contribution in [0.2, 0.25) is 0 Å². The van der Waals surface area contributed by atoms with Crippen molar-refractivity contribution >= 4 is 5.91 Å². The third-order valence-electron chi connectivity index (χ3n) is 3.09. The maximum atomic E-state index is 13.0. The first kappa shape index (κ1) is 13.0. The van der Waals surface area contributed by atoms with Crippen molar-refractivity contribution in [3.63, 3.8) is 0 Å². The minimum absolute atomic E-state index is 0.0978. The Labute approximate surface area is 105 Å². The van der Waals surface area contributed by atoms with Crippen molar-refractivity contribution in [1.29, 1.82) is 0 Å². The zero-order valence-corrected chi connectivity index (χ0v) is 10.0. The first-order valence-corrected chi connectivity index (χ1v) is 6.13. The van der Waals surface area contributed by atoms with Crippen LogP contribution in [-0.4, -0.2) is 25.0 Å². The molecule has 1 fully saturated rings. The summed E-state index contributed by atoms with van der Waals surface area (Å²) in [5.41, 5.74) is 0.158. The van der Waals surface area contributed by atoms with Gasteiger partial charge in [0.25, 0.3) is 5.91 Å². The zero-order valence-electron chi connectivity index (χ0n) is 10.0. The van der Waals surface area contributed by atoms with E-state index in [9.17, 15) is 13.6 Å². The average molecular weight is 254 g/mol. The van der Waals surface area contributed by atoms with Gasteiger partial charge in [0, 0.05) is 11.6 Å². The molecule has 3 nitrogen and oxygen atoms in total. The largest absolute Gasteiger partial charge is 0.349 e. The third kappa shape index (κ3) is 3.26. The van der Waals surface area contributed by atoms with E-state index >= 15 is 0 Å². The summed E-state index contributed by atoms with van der Waals surface area (Å²) in [7, 11) is 0. The van der Waals surface area contributed by atoms with E-state index in [2.05, 4.69) is 10.6 Å². The van der Waals surface area contributed by atoms with Crippen LogP contribution in [0.5, 0.6) is 0 Å². The molecule has 1 aliphatic heterocycles. The van der Waals surface area contributed by atoms with Gasteiger partial charge in [-0.3, -0.25) is 4.79 Å². The summed E-state index contributed by atoms with van der Waals surface area (Å²) >= 11 is 0. The second kappa shape index (κ2) is 5.91. The van der Waals surface area contributed by atoms with Crippen LogP contribution < -0.4 is 10.6 Å². The van der Waals surface area contributed by atoms with Gasteiger partial charge in [-0.1, -0.05) is 0 Å². The van der Waals surface area contributed by atoms with Gasteiger partial charge in [-0.2, -0.15) is 0 Å². The minimum Gasteiger partial charge on any atom is -0.349 e. The van der Waals surface area contributed by atoms with Crippen LogP contribution in [0, 0.1) is 11.6 Å². The van der Waals surface area contributed by atoms with E-state index in [1.165, 1.54) is 6.07 Å². The Morgan fingerprint density at radius 3 is 2.83 bits per heavy atom. The fourth-order valence-electron chi connectivity index (χ4n) is 2.07. The van der Waals surface area contributed by atoms with E-state index in [0.717, 1.165) is 44.5 Å². The van der Waals surface area contributed by atoms with Crippen molar-refractivity contribution in [2.45, 2.75) is 25.3 Å². The minimum atomic E-state index is -0.995. The molecule has 1 amide bonds. The maximum absolute atomic E-state index is 13.0. The van der Waals surface area contributed by atoms with Crippen molar-refractivity contribution in [2.24, 2.45) is 0 Å². The molecule has 0 saturated carbocycles. The predicted octanol–water partition coefficient (Wildman–Crippen LogP) is 1.84. The molecule has 0 aromatic heterocycles. The van der Waals surface area contributed by atoms with Crippen LogP contribution >= 0.6 is 0 Å². The molecule has 0 bridgehead atoms. The van der Waals surface area contributed by atoms with E-state index < -0.39 is 11.6 Å². The number of nitrogens with one attached hydrogen (secondary N) is 2. The van der Waals surface area contributed by atoms with E-state index in [0.29, 0.717) is 0 Å². The molecule has 1 atom stereocenters. The van der Waals surface area contributed by atoms with Gasteiger partial charge in [-0.05, 0) is 50.6 Å². The summed E-state index contributed by atoms with van der Waals surface area (Å²) in [6.45, 7) is 1.82. The molecule has 1 heterocycles. The number of carbonyl (C=O) groups excluding carboxylic acids is 1. The molecule has 1 unspecified atom stereocenters. The lowest BCUT2D eigenvalue weighted by Gasteiger charge is -2.15. The molecule has 1 aliphatic rings. The molecular formula is C13H16F2N2O. The quantitative estimate of drug-likeness (QED) is 0.845. The molecule has 5 heteroatoms. The molecule has 1 aromatic carbocycles. The van der Waals surface area contributed by atoms with Gasteiger partial charge in [0.05, 0.1) is 0 Å². The van der Waals surface area contributed by atoms with Crippen LogP contribution in [0.1, 0.15) is 29.6 Å². The lowest BCUT2D eigenvalue weighted by molar-refractivity contribution is 0.0933.